The number of sulfonamides is 1. The van der Waals surface area contributed by atoms with Crippen LogP contribution in [-0.4, -0.2) is 31.7 Å². The maximum absolute atomic E-state index is 13.0. The average Bonchev–Trinajstić information content (AvgIpc) is 2.78. The predicted molar refractivity (Wildman–Crippen MR) is 130 cm³/mol. The molecule has 32 heavy (non-hydrogen) atoms. The van der Waals surface area contributed by atoms with E-state index < -0.39 is 10.0 Å². The van der Waals surface area contributed by atoms with Gasteiger partial charge in [0.1, 0.15) is 0 Å². The van der Waals surface area contributed by atoms with E-state index in [2.05, 4.69) is 50.4 Å². The van der Waals surface area contributed by atoms with Gasteiger partial charge in [-0.05, 0) is 41.9 Å². The van der Waals surface area contributed by atoms with Crippen LogP contribution in [0, 0.1) is 11.8 Å². The van der Waals surface area contributed by atoms with Gasteiger partial charge in [0.25, 0.3) is 0 Å². The Morgan fingerprint density at radius 3 is 2.19 bits per heavy atom. The van der Waals surface area contributed by atoms with Gasteiger partial charge in [-0.3, -0.25) is 4.79 Å². The molecule has 174 valence electrons. The highest BCUT2D eigenvalue weighted by Crippen LogP contribution is 2.26. The minimum absolute atomic E-state index is 0.00809. The summed E-state index contributed by atoms with van der Waals surface area (Å²) >= 11 is 0. The Balaban J connectivity index is 1.57. The first-order valence-corrected chi connectivity index (χ1v) is 13.3. The van der Waals surface area contributed by atoms with Gasteiger partial charge in [0, 0.05) is 19.0 Å². The molecule has 0 aromatic heterocycles. The van der Waals surface area contributed by atoms with Gasteiger partial charge in [0.2, 0.25) is 15.9 Å². The fourth-order valence-electron chi connectivity index (χ4n) is 4.36. The zero-order valence-corrected chi connectivity index (χ0v) is 20.3. The van der Waals surface area contributed by atoms with Crippen molar-refractivity contribution < 1.29 is 13.2 Å². The molecule has 0 radical (unpaired) electrons. The molecule has 1 saturated heterocycles. The number of carbonyl (C=O) groups excluding carboxylic acids is 1. The molecule has 6 heteroatoms. The largest absolute Gasteiger partial charge is 0.349 e. The third-order valence-electron chi connectivity index (χ3n) is 6.25. The number of piperidine rings is 1. The van der Waals surface area contributed by atoms with Gasteiger partial charge in [0.15, 0.2) is 0 Å². The highest BCUT2D eigenvalue weighted by Gasteiger charge is 2.32. The number of carbonyl (C=O) groups is 1. The maximum atomic E-state index is 13.0. The van der Waals surface area contributed by atoms with Gasteiger partial charge in [0.05, 0.1) is 11.8 Å². The van der Waals surface area contributed by atoms with Crippen LogP contribution in [0.2, 0.25) is 0 Å². The number of hydrogen-bond donors (Lipinski definition) is 1. The van der Waals surface area contributed by atoms with Crippen molar-refractivity contribution in [3.05, 3.63) is 71.3 Å². The number of hydrogen-bond acceptors (Lipinski definition) is 3. The quantitative estimate of drug-likeness (QED) is 0.595. The number of aryl methyl sites for hydroxylation is 1. The van der Waals surface area contributed by atoms with Crippen molar-refractivity contribution in [1.29, 1.82) is 0 Å². The summed E-state index contributed by atoms with van der Waals surface area (Å²) in [5, 5.41) is 3.24. The standard InChI is InChI=1S/C26H36N2O3S/c1-4-8-21-11-13-23(14-12-21)25(20(2)3)27-26(29)24-15-17-28(18-16-24)32(30,31)19-22-9-6-5-7-10-22/h5-7,9-14,20,24-25H,4,8,15-19H2,1-3H3,(H,27,29). The monoisotopic (exact) mass is 456 g/mol. The number of benzene rings is 2. The Labute approximate surface area is 193 Å². The van der Waals surface area contributed by atoms with Crippen molar-refractivity contribution in [2.45, 2.75) is 58.2 Å². The van der Waals surface area contributed by atoms with E-state index in [0.29, 0.717) is 25.9 Å². The summed E-state index contributed by atoms with van der Waals surface area (Å²) in [7, 11) is -3.37. The van der Waals surface area contributed by atoms with Crippen molar-refractivity contribution in [2.75, 3.05) is 13.1 Å². The normalized spacial score (nSPS) is 16.8. The molecular weight excluding hydrogens is 420 g/mol. The fraction of sp³-hybridized carbons (Fsp3) is 0.500. The highest BCUT2D eigenvalue weighted by molar-refractivity contribution is 7.88. The van der Waals surface area contributed by atoms with E-state index >= 15 is 0 Å². The van der Waals surface area contributed by atoms with Crippen LogP contribution in [0.5, 0.6) is 0 Å². The Morgan fingerprint density at radius 2 is 1.62 bits per heavy atom. The first kappa shape index (κ1) is 24.5. The fourth-order valence-corrected chi connectivity index (χ4v) is 5.92. The van der Waals surface area contributed by atoms with E-state index in [1.54, 1.807) is 0 Å². The lowest BCUT2D eigenvalue weighted by Gasteiger charge is -2.32. The zero-order valence-electron chi connectivity index (χ0n) is 19.5. The van der Waals surface area contributed by atoms with Gasteiger partial charge in [-0.15, -0.1) is 0 Å². The lowest BCUT2D eigenvalue weighted by Crippen LogP contribution is -2.44. The third kappa shape index (κ3) is 6.42. The second-order valence-electron chi connectivity index (χ2n) is 9.14. The molecule has 1 aliphatic heterocycles. The molecule has 2 aromatic carbocycles. The van der Waals surface area contributed by atoms with Crippen LogP contribution >= 0.6 is 0 Å². The summed E-state index contributed by atoms with van der Waals surface area (Å²) in [5.74, 6) is 0.149. The Bertz CT molecular complexity index is 964. The predicted octanol–water partition coefficient (Wildman–Crippen LogP) is 4.69. The van der Waals surface area contributed by atoms with Crippen LogP contribution in [0.1, 0.15) is 62.8 Å². The molecule has 1 atom stereocenters. The van der Waals surface area contributed by atoms with E-state index in [1.807, 2.05) is 30.3 Å². The molecule has 0 spiro atoms. The highest BCUT2D eigenvalue weighted by atomic mass is 32.2. The van der Waals surface area contributed by atoms with Gasteiger partial charge in [-0.1, -0.05) is 81.8 Å². The van der Waals surface area contributed by atoms with E-state index in [1.165, 1.54) is 9.87 Å². The summed E-state index contributed by atoms with van der Waals surface area (Å²) < 4.78 is 27.1. The molecule has 5 nitrogen and oxygen atoms in total. The second-order valence-corrected chi connectivity index (χ2v) is 11.1. The molecular formula is C26H36N2O3S. The van der Waals surface area contributed by atoms with Crippen LogP contribution in [0.25, 0.3) is 0 Å². The van der Waals surface area contributed by atoms with Gasteiger partial charge in [-0.2, -0.15) is 0 Å². The molecule has 0 saturated carbocycles. The number of amides is 1. The van der Waals surface area contributed by atoms with Crippen LogP contribution in [0.4, 0.5) is 0 Å². The van der Waals surface area contributed by atoms with Crippen molar-refractivity contribution in [3.63, 3.8) is 0 Å². The Morgan fingerprint density at radius 1 is 1.00 bits per heavy atom. The minimum Gasteiger partial charge on any atom is -0.349 e. The van der Waals surface area contributed by atoms with Gasteiger partial charge >= 0.3 is 0 Å². The van der Waals surface area contributed by atoms with Gasteiger partial charge in [-0.25, -0.2) is 12.7 Å². The summed E-state index contributed by atoms with van der Waals surface area (Å²) in [6.07, 6.45) is 3.29. The van der Waals surface area contributed by atoms with E-state index in [4.69, 9.17) is 0 Å². The molecule has 1 heterocycles. The smallest absolute Gasteiger partial charge is 0.223 e. The number of rotatable bonds is 9. The molecule has 3 rings (SSSR count). The first-order chi connectivity index (χ1) is 15.3. The molecule has 1 fully saturated rings. The summed E-state index contributed by atoms with van der Waals surface area (Å²) in [5.41, 5.74) is 3.22. The maximum Gasteiger partial charge on any atom is 0.223 e. The zero-order chi connectivity index (χ0) is 23.1. The lowest BCUT2D eigenvalue weighted by molar-refractivity contribution is -0.127. The molecule has 1 aliphatic rings. The topological polar surface area (TPSA) is 66.5 Å². The lowest BCUT2D eigenvalue weighted by atomic mass is 9.92. The SMILES string of the molecule is CCCc1ccc(C(NC(=O)C2CCN(S(=O)(=O)Cc3ccccc3)CC2)C(C)C)cc1. The minimum atomic E-state index is -3.37. The molecule has 1 unspecified atom stereocenters. The molecule has 0 aliphatic carbocycles. The summed E-state index contributed by atoms with van der Waals surface area (Å²) in [4.78, 5) is 13.0. The van der Waals surface area contributed by atoms with Crippen molar-refractivity contribution in [1.82, 2.24) is 9.62 Å². The van der Waals surface area contributed by atoms with Crippen LogP contribution in [0.3, 0.4) is 0 Å². The van der Waals surface area contributed by atoms with Gasteiger partial charge < -0.3 is 5.32 Å². The Hall–Kier alpha value is -2.18. The second kappa shape index (κ2) is 11.1. The number of nitrogens with zero attached hydrogens (tertiary/aromatic N) is 1. The summed E-state index contributed by atoms with van der Waals surface area (Å²) in [6, 6.07) is 17.7. The average molecular weight is 457 g/mol. The summed E-state index contributed by atoms with van der Waals surface area (Å²) in [6.45, 7) is 7.19. The Kier molecular flexibility index (Phi) is 8.49. The van der Waals surface area contributed by atoms with E-state index in [-0.39, 0.29) is 29.5 Å². The molecule has 0 bridgehead atoms. The van der Waals surface area contributed by atoms with Crippen LogP contribution in [-0.2, 0) is 27.0 Å². The van der Waals surface area contributed by atoms with Crippen LogP contribution in [0.15, 0.2) is 54.6 Å². The molecule has 1 amide bonds. The van der Waals surface area contributed by atoms with Crippen LogP contribution < -0.4 is 5.32 Å². The third-order valence-corrected chi connectivity index (χ3v) is 8.10. The first-order valence-electron chi connectivity index (χ1n) is 11.7. The van der Waals surface area contributed by atoms with E-state index in [9.17, 15) is 13.2 Å². The van der Waals surface area contributed by atoms with E-state index in [0.717, 1.165) is 24.0 Å². The van der Waals surface area contributed by atoms with Crippen molar-refractivity contribution in [2.24, 2.45) is 11.8 Å². The molecule has 2 aromatic rings. The van der Waals surface area contributed by atoms with Crippen molar-refractivity contribution in [3.8, 4) is 0 Å². The van der Waals surface area contributed by atoms with Crippen molar-refractivity contribution >= 4 is 15.9 Å². The molecule has 1 N–H and O–H groups in total. The number of nitrogens with one attached hydrogen (secondary N) is 1.